The molecule has 2 heterocycles. The molecule has 6 nitrogen and oxygen atoms in total. The highest BCUT2D eigenvalue weighted by atomic mass is 19.4. The summed E-state index contributed by atoms with van der Waals surface area (Å²) in [7, 11) is 0. The molecule has 0 bridgehead atoms. The molecule has 4 rings (SSSR count). The fourth-order valence-electron chi connectivity index (χ4n) is 3.83. The Hall–Kier alpha value is -1.90. The summed E-state index contributed by atoms with van der Waals surface area (Å²) in [6.07, 6.45) is -1.43. The minimum absolute atomic E-state index is 0.0284. The van der Waals surface area contributed by atoms with Crippen LogP contribution in [0.1, 0.15) is 36.1 Å². The highest BCUT2D eigenvalue weighted by molar-refractivity contribution is 5.81. The summed E-state index contributed by atoms with van der Waals surface area (Å²) in [5.41, 5.74) is -1.66. The first kappa shape index (κ1) is 17.5. The molecule has 1 amide bonds. The smallest absolute Gasteiger partial charge is 0.340 e. The van der Waals surface area contributed by atoms with Gasteiger partial charge in [-0.15, -0.1) is 0 Å². The highest BCUT2D eigenvalue weighted by Gasteiger charge is 2.40. The molecule has 0 atom stereocenters. The van der Waals surface area contributed by atoms with Crippen LogP contribution in [0.2, 0.25) is 0 Å². The van der Waals surface area contributed by atoms with Crippen molar-refractivity contribution in [2.75, 3.05) is 26.2 Å². The molecule has 1 saturated carbocycles. The van der Waals surface area contributed by atoms with Crippen LogP contribution < -0.4 is 5.56 Å². The van der Waals surface area contributed by atoms with Gasteiger partial charge in [0.2, 0.25) is 5.91 Å². The lowest BCUT2D eigenvalue weighted by Crippen LogP contribution is -2.50. The number of amides is 1. The SMILES string of the molecule is O=C(C1CC1)N1CCN(Cn2nc3c(c(C(F)(F)F)c2=O)CCC3)CC1. The standard InChI is InChI=1S/C17H21F3N4O2/c18-17(19,20)14-12-2-1-3-13(12)21-24(16(14)26)10-22-6-8-23(9-7-22)15(25)11-4-5-11/h11H,1-10H2. The third kappa shape index (κ3) is 3.24. The first-order valence-corrected chi connectivity index (χ1v) is 9.06. The topological polar surface area (TPSA) is 58.4 Å². The summed E-state index contributed by atoms with van der Waals surface area (Å²) in [5.74, 6) is 0.341. The summed E-state index contributed by atoms with van der Waals surface area (Å²) in [5, 5.41) is 4.20. The monoisotopic (exact) mass is 370 g/mol. The zero-order valence-electron chi connectivity index (χ0n) is 14.4. The van der Waals surface area contributed by atoms with Gasteiger partial charge in [0.1, 0.15) is 5.56 Å². The van der Waals surface area contributed by atoms with Crippen LogP contribution in [0, 0.1) is 5.92 Å². The van der Waals surface area contributed by atoms with Crippen molar-refractivity contribution in [2.24, 2.45) is 5.92 Å². The minimum atomic E-state index is -4.66. The number of nitrogens with zero attached hydrogens (tertiary/aromatic N) is 4. The van der Waals surface area contributed by atoms with Gasteiger partial charge in [-0.2, -0.15) is 18.3 Å². The van der Waals surface area contributed by atoms with Gasteiger partial charge < -0.3 is 4.90 Å². The van der Waals surface area contributed by atoms with E-state index in [1.807, 2.05) is 9.80 Å². The fraction of sp³-hybridized carbons (Fsp3) is 0.706. The summed E-state index contributed by atoms with van der Waals surface area (Å²) >= 11 is 0. The summed E-state index contributed by atoms with van der Waals surface area (Å²) in [4.78, 5) is 28.2. The Morgan fingerprint density at radius 2 is 1.81 bits per heavy atom. The van der Waals surface area contributed by atoms with E-state index < -0.39 is 17.3 Å². The van der Waals surface area contributed by atoms with Gasteiger partial charge in [-0.05, 0) is 37.7 Å². The Balaban J connectivity index is 1.51. The molecule has 0 spiro atoms. The van der Waals surface area contributed by atoms with Crippen LogP contribution in [0.3, 0.4) is 0 Å². The first-order valence-electron chi connectivity index (χ1n) is 9.06. The number of fused-ring (bicyclic) bond motifs is 1. The van der Waals surface area contributed by atoms with Gasteiger partial charge in [0, 0.05) is 32.1 Å². The lowest BCUT2D eigenvalue weighted by Gasteiger charge is -2.34. The third-order valence-corrected chi connectivity index (χ3v) is 5.41. The Labute approximate surface area is 148 Å². The highest BCUT2D eigenvalue weighted by Crippen LogP contribution is 2.34. The van der Waals surface area contributed by atoms with E-state index in [1.165, 1.54) is 0 Å². The van der Waals surface area contributed by atoms with E-state index in [9.17, 15) is 22.8 Å². The molecule has 1 saturated heterocycles. The Morgan fingerprint density at radius 3 is 2.42 bits per heavy atom. The molecule has 3 aliphatic rings. The molecule has 0 radical (unpaired) electrons. The maximum atomic E-state index is 13.4. The van der Waals surface area contributed by atoms with E-state index in [1.54, 1.807) is 0 Å². The molecule has 9 heteroatoms. The van der Waals surface area contributed by atoms with Crippen LogP contribution in [0.4, 0.5) is 13.2 Å². The van der Waals surface area contributed by atoms with Crippen LogP contribution >= 0.6 is 0 Å². The zero-order chi connectivity index (χ0) is 18.5. The average Bonchev–Trinajstić information content (AvgIpc) is 3.34. The van der Waals surface area contributed by atoms with Gasteiger partial charge in [0.15, 0.2) is 0 Å². The number of carbonyl (C=O) groups excluding carboxylic acids is 1. The Bertz CT molecular complexity index is 777. The number of aryl methyl sites for hydroxylation is 1. The molecule has 2 aliphatic carbocycles. The lowest BCUT2D eigenvalue weighted by molar-refractivity contribution is -0.140. The molecule has 2 fully saturated rings. The second-order valence-corrected chi connectivity index (χ2v) is 7.32. The van der Waals surface area contributed by atoms with Crippen molar-refractivity contribution in [3.63, 3.8) is 0 Å². The number of hydrogen-bond donors (Lipinski definition) is 0. The normalized spacial score (nSPS) is 21.1. The number of hydrogen-bond acceptors (Lipinski definition) is 4. The van der Waals surface area contributed by atoms with Gasteiger partial charge in [0.05, 0.1) is 12.4 Å². The molecule has 26 heavy (non-hydrogen) atoms. The zero-order valence-corrected chi connectivity index (χ0v) is 14.4. The molecule has 0 aromatic carbocycles. The number of rotatable bonds is 3. The molecule has 1 aliphatic heterocycles. The van der Waals surface area contributed by atoms with Crippen LogP contribution in [0.5, 0.6) is 0 Å². The fourth-order valence-corrected chi connectivity index (χ4v) is 3.83. The van der Waals surface area contributed by atoms with Gasteiger partial charge in [-0.3, -0.25) is 14.5 Å². The number of piperazine rings is 1. The van der Waals surface area contributed by atoms with E-state index in [0.717, 1.165) is 17.5 Å². The quantitative estimate of drug-likeness (QED) is 0.804. The van der Waals surface area contributed by atoms with Crippen molar-refractivity contribution in [1.29, 1.82) is 0 Å². The first-order chi connectivity index (χ1) is 12.3. The number of alkyl halides is 3. The van der Waals surface area contributed by atoms with Crippen LogP contribution in [-0.2, 0) is 30.5 Å². The second-order valence-electron chi connectivity index (χ2n) is 7.32. The molecule has 0 N–H and O–H groups in total. The number of carbonyl (C=O) groups is 1. The maximum Gasteiger partial charge on any atom is 0.422 e. The van der Waals surface area contributed by atoms with Gasteiger partial charge >= 0.3 is 6.18 Å². The van der Waals surface area contributed by atoms with Crippen molar-refractivity contribution in [3.05, 3.63) is 27.2 Å². The van der Waals surface area contributed by atoms with Gasteiger partial charge in [-0.25, -0.2) is 4.68 Å². The van der Waals surface area contributed by atoms with Crippen molar-refractivity contribution >= 4 is 5.91 Å². The molecule has 142 valence electrons. The predicted octanol–water partition coefficient (Wildman–Crippen LogP) is 1.26. The van der Waals surface area contributed by atoms with Crippen molar-refractivity contribution in [3.8, 4) is 0 Å². The van der Waals surface area contributed by atoms with E-state index >= 15 is 0 Å². The second kappa shape index (κ2) is 6.37. The Morgan fingerprint density at radius 1 is 1.12 bits per heavy atom. The summed E-state index contributed by atoms with van der Waals surface area (Å²) < 4.78 is 41.1. The molecule has 1 aromatic rings. The predicted molar refractivity (Wildman–Crippen MR) is 86.4 cm³/mol. The Kier molecular flexibility index (Phi) is 4.29. The lowest BCUT2D eigenvalue weighted by atomic mass is 10.1. The minimum Gasteiger partial charge on any atom is -0.340 e. The van der Waals surface area contributed by atoms with Gasteiger partial charge in [0.25, 0.3) is 5.56 Å². The average molecular weight is 370 g/mol. The molecule has 0 unspecified atom stereocenters. The van der Waals surface area contributed by atoms with E-state index in [-0.39, 0.29) is 30.5 Å². The summed E-state index contributed by atoms with van der Waals surface area (Å²) in [6.45, 7) is 2.18. The third-order valence-electron chi connectivity index (χ3n) is 5.41. The van der Waals surface area contributed by atoms with E-state index in [2.05, 4.69) is 5.10 Å². The number of aromatic nitrogens is 2. The van der Waals surface area contributed by atoms with Crippen LogP contribution in [-0.4, -0.2) is 51.7 Å². The molecular formula is C17H21F3N4O2. The van der Waals surface area contributed by atoms with Crippen molar-refractivity contribution in [2.45, 2.75) is 44.9 Å². The van der Waals surface area contributed by atoms with Crippen molar-refractivity contribution < 1.29 is 18.0 Å². The van der Waals surface area contributed by atoms with Crippen LogP contribution in [0.25, 0.3) is 0 Å². The largest absolute Gasteiger partial charge is 0.422 e. The molecule has 1 aromatic heterocycles. The number of halogens is 3. The van der Waals surface area contributed by atoms with E-state index in [4.69, 9.17) is 0 Å². The van der Waals surface area contributed by atoms with Gasteiger partial charge in [-0.1, -0.05) is 0 Å². The van der Waals surface area contributed by atoms with Crippen molar-refractivity contribution in [1.82, 2.24) is 19.6 Å². The van der Waals surface area contributed by atoms with Crippen LogP contribution in [0.15, 0.2) is 4.79 Å². The summed E-state index contributed by atoms with van der Waals surface area (Å²) in [6, 6.07) is 0. The molecular weight excluding hydrogens is 349 g/mol. The van der Waals surface area contributed by atoms with E-state index in [0.29, 0.717) is 44.7 Å². The maximum absolute atomic E-state index is 13.4.